The lowest BCUT2D eigenvalue weighted by Gasteiger charge is -2.44. The third-order valence-corrected chi connectivity index (χ3v) is 5.50. The van der Waals surface area contributed by atoms with E-state index in [4.69, 9.17) is 9.47 Å². The Balaban J connectivity index is 1.84. The quantitative estimate of drug-likeness (QED) is 0.728. The number of carbonyl (C=O) groups excluding carboxylic acids is 1. The van der Waals surface area contributed by atoms with Crippen LogP contribution in [0.5, 0.6) is 11.5 Å². The van der Waals surface area contributed by atoms with Crippen LogP contribution in [0.3, 0.4) is 0 Å². The lowest BCUT2D eigenvalue weighted by atomic mass is 9.63. The third kappa shape index (κ3) is 3.64. The van der Waals surface area contributed by atoms with E-state index < -0.39 is 5.41 Å². The molecule has 1 aliphatic carbocycles. The van der Waals surface area contributed by atoms with Crippen LogP contribution in [0, 0.1) is 5.82 Å². The van der Waals surface area contributed by atoms with Gasteiger partial charge in [0.25, 0.3) is 0 Å². The smallest absolute Gasteiger partial charge is 0.233 e. The molecule has 1 amide bonds. The maximum Gasteiger partial charge on any atom is 0.233 e. The van der Waals surface area contributed by atoms with Crippen molar-refractivity contribution >= 4 is 5.91 Å². The number of benzene rings is 2. The number of likely N-dealkylation sites (N-methyl/N-ethyl adjacent to an activating group) is 1. The minimum absolute atomic E-state index is 0.109. The predicted molar refractivity (Wildman–Crippen MR) is 103 cm³/mol. The number of ether oxygens (including phenoxy) is 2. The number of rotatable bonds is 7. The summed E-state index contributed by atoms with van der Waals surface area (Å²) in [7, 11) is 3.20. The summed E-state index contributed by atoms with van der Waals surface area (Å²) in [6.45, 7) is 3.09. The van der Waals surface area contributed by atoms with Crippen LogP contribution in [0.4, 0.5) is 4.39 Å². The van der Waals surface area contributed by atoms with E-state index in [0.29, 0.717) is 24.6 Å². The molecule has 3 rings (SSSR count). The van der Waals surface area contributed by atoms with Crippen molar-refractivity contribution in [2.75, 3.05) is 20.8 Å². The number of carbonyl (C=O) groups is 1. The van der Waals surface area contributed by atoms with Crippen molar-refractivity contribution in [3.8, 4) is 11.5 Å². The van der Waals surface area contributed by atoms with Crippen LogP contribution in [0.2, 0.25) is 0 Å². The van der Waals surface area contributed by atoms with Gasteiger partial charge in [-0.15, -0.1) is 0 Å². The van der Waals surface area contributed by atoms with E-state index in [2.05, 4.69) is 0 Å². The molecule has 0 bridgehead atoms. The molecular formula is C22H26FNO3. The summed E-state index contributed by atoms with van der Waals surface area (Å²) in [5.74, 6) is 1.14. The van der Waals surface area contributed by atoms with Crippen LogP contribution in [0.1, 0.15) is 37.3 Å². The summed E-state index contributed by atoms with van der Waals surface area (Å²) in [4.78, 5) is 15.3. The van der Waals surface area contributed by atoms with E-state index >= 15 is 0 Å². The summed E-state index contributed by atoms with van der Waals surface area (Å²) in [6.07, 6.45) is 2.62. The zero-order chi connectivity index (χ0) is 19.4. The van der Waals surface area contributed by atoms with Crippen LogP contribution >= 0.6 is 0 Å². The van der Waals surface area contributed by atoms with Gasteiger partial charge in [-0.3, -0.25) is 4.79 Å². The molecule has 1 aliphatic rings. The fourth-order valence-electron chi connectivity index (χ4n) is 3.75. The third-order valence-electron chi connectivity index (χ3n) is 5.50. The Bertz CT molecular complexity index is 800. The van der Waals surface area contributed by atoms with Crippen LogP contribution in [0.15, 0.2) is 42.5 Å². The van der Waals surface area contributed by atoms with Gasteiger partial charge in [-0.2, -0.15) is 0 Å². The first-order chi connectivity index (χ1) is 13.0. The number of hydrogen-bond donors (Lipinski definition) is 0. The minimum Gasteiger partial charge on any atom is -0.493 e. The van der Waals surface area contributed by atoms with E-state index in [1.165, 1.54) is 12.1 Å². The van der Waals surface area contributed by atoms with Gasteiger partial charge >= 0.3 is 0 Å². The number of nitrogens with zero attached hydrogens (tertiary/aromatic N) is 1. The first-order valence-corrected chi connectivity index (χ1v) is 9.30. The van der Waals surface area contributed by atoms with Crippen molar-refractivity contribution in [3.05, 3.63) is 59.4 Å². The van der Waals surface area contributed by atoms with Gasteiger partial charge in [0.1, 0.15) is 5.82 Å². The van der Waals surface area contributed by atoms with Crippen molar-refractivity contribution < 1.29 is 18.7 Å². The van der Waals surface area contributed by atoms with Gasteiger partial charge < -0.3 is 14.4 Å². The molecule has 0 unspecified atom stereocenters. The molecule has 4 nitrogen and oxygen atoms in total. The van der Waals surface area contributed by atoms with Crippen LogP contribution in [-0.4, -0.2) is 31.6 Å². The lowest BCUT2D eigenvalue weighted by molar-refractivity contribution is -0.141. The average Bonchev–Trinajstić information content (AvgIpc) is 2.66. The molecule has 0 N–H and O–H groups in total. The van der Waals surface area contributed by atoms with Gasteiger partial charge in [-0.1, -0.05) is 24.6 Å². The molecule has 0 heterocycles. The SMILES string of the molecule is CCN(Cc1ccc(OC)c(OC)c1)C(=O)C1(c2ccc(F)cc2)CCC1. The molecule has 2 aromatic carbocycles. The van der Waals surface area contributed by atoms with Crippen LogP contribution < -0.4 is 9.47 Å². The highest BCUT2D eigenvalue weighted by molar-refractivity contribution is 5.89. The monoisotopic (exact) mass is 371 g/mol. The Morgan fingerprint density at radius 1 is 1.07 bits per heavy atom. The van der Waals surface area contributed by atoms with Crippen molar-refractivity contribution in [1.82, 2.24) is 4.90 Å². The summed E-state index contributed by atoms with van der Waals surface area (Å²) in [5, 5.41) is 0. The van der Waals surface area contributed by atoms with Gasteiger partial charge in [0.05, 0.1) is 19.6 Å². The molecule has 27 heavy (non-hydrogen) atoms. The van der Waals surface area contributed by atoms with Gasteiger partial charge in [0, 0.05) is 13.1 Å². The normalized spacial score (nSPS) is 15.0. The van der Waals surface area contributed by atoms with Crippen molar-refractivity contribution in [2.45, 2.75) is 38.1 Å². The maximum absolute atomic E-state index is 13.4. The Morgan fingerprint density at radius 3 is 2.26 bits per heavy atom. The predicted octanol–water partition coefficient (Wildman–Crippen LogP) is 4.31. The topological polar surface area (TPSA) is 38.8 Å². The van der Waals surface area contributed by atoms with Crippen LogP contribution in [-0.2, 0) is 16.8 Å². The molecule has 144 valence electrons. The highest BCUT2D eigenvalue weighted by atomic mass is 19.1. The Labute approximate surface area is 159 Å². The molecule has 0 saturated heterocycles. The van der Waals surface area contributed by atoms with Crippen LogP contribution in [0.25, 0.3) is 0 Å². The highest BCUT2D eigenvalue weighted by Crippen LogP contribution is 2.45. The molecule has 1 fully saturated rings. The molecule has 0 spiro atoms. The zero-order valence-electron chi connectivity index (χ0n) is 16.1. The summed E-state index contributed by atoms with van der Waals surface area (Å²) in [5.41, 5.74) is 1.36. The number of methoxy groups -OCH3 is 2. The minimum atomic E-state index is -0.528. The largest absolute Gasteiger partial charge is 0.493 e. The number of hydrogen-bond acceptors (Lipinski definition) is 3. The summed E-state index contributed by atoms with van der Waals surface area (Å²) < 4.78 is 24.0. The van der Waals surface area contributed by atoms with Gasteiger partial charge in [0.2, 0.25) is 5.91 Å². The zero-order valence-corrected chi connectivity index (χ0v) is 16.1. The average molecular weight is 371 g/mol. The Morgan fingerprint density at radius 2 is 1.74 bits per heavy atom. The molecule has 0 aromatic heterocycles. The number of amides is 1. The standard InChI is InChI=1S/C22H26FNO3/c1-4-24(15-16-6-11-19(26-2)20(14-16)27-3)21(25)22(12-5-13-22)17-7-9-18(23)10-8-17/h6-11,14H,4-5,12-13,15H2,1-3H3. The van der Waals surface area contributed by atoms with Gasteiger partial charge in [-0.25, -0.2) is 4.39 Å². The molecule has 2 aromatic rings. The second-order valence-electron chi connectivity index (χ2n) is 6.95. The number of halogens is 1. The van der Waals surface area contributed by atoms with Crippen molar-refractivity contribution in [1.29, 1.82) is 0 Å². The summed E-state index contributed by atoms with van der Waals surface area (Å²) in [6, 6.07) is 12.1. The summed E-state index contributed by atoms with van der Waals surface area (Å²) >= 11 is 0. The maximum atomic E-state index is 13.4. The molecule has 0 radical (unpaired) electrons. The van der Waals surface area contributed by atoms with Crippen molar-refractivity contribution in [2.24, 2.45) is 0 Å². The van der Waals surface area contributed by atoms with Gasteiger partial charge in [0.15, 0.2) is 11.5 Å². The van der Waals surface area contributed by atoms with Crippen molar-refractivity contribution in [3.63, 3.8) is 0 Å². The fraction of sp³-hybridized carbons (Fsp3) is 0.409. The molecule has 0 aliphatic heterocycles. The molecule has 0 atom stereocenters. The van der Waals surface area contributed by atoms with E-state index in [1.54, 1.807) is 26.4 Å². The van der Waals surface area contributed by atoms with Gasteiger partial charge in [-0.05, 0) is 55.2 Å². The molecule has 5 heteroatoms. The molecular weight excluding hydrogens is 345 g/mol. The second-order valence-corrected chi connectivity index (χ2v) is 6.95. The van der Waals surface area contributed by atoms with E-state index in [9.17, 15) is 9.18 Å². The highest BCUT2D eigenvalue weighted by Gasteiger charge is 2.47. The second kappa shape index (κ2) is 7.99. The first-order valence-electron chi connectivity index (χ1n) is 9.30. The lowest BCUT2D eigenvalue weighted by Crippen LogP contribution is -2.50. The molecule has 1 saturated carbocycles. The Kier molecular flexibility index (Phi) is 5.68. The fourth-order valence-corrected chi connectivity index (χ4v) is 3.75. The first kappa shape index (κ1) is 19.2. The Hall–Kier alpha value is -2.56. The van der Waals surface area contributed by atoms with E-state index in [0.717, 1.165) is 30.4 Å². The van der Waals surface area contributed by atoms with E-state index in [-0.39, 0.29) is 11.7 Å². The van der Waals surface area contributed by atoms with E-state index in [1.807, 2.05) is 30.0 Å².